The lowest BCUT2D eigenvalue weighted by Gasteiger charge is -2.09. The van der Waals surface area contributed by atoms with Crippen LogP contribution in [0, 0.1) is 0 Å². The summed E-state index contributed by atoms with van der Waals surface area (Å²) in [6.45, 7) is 0.378. The molecule has 112 valence electrons. The number of amides is 4. The van der Waals surface area contributed by atoms with Crippen molar-refractivity contribution >= 4 is 41.0 Å². The highest BCUT2D eigenvalue weighted by atomic mass is 35.5. The molecule has 1 unspecified atom stereocenters. The first kappa shape index (κ1) is 15.6. The van der Waals surface area contributed by atoms with E-state index >= 15 is 0 Å². The molecule has 2 rings (SSSR count). The summed E-state index contributed by atoms with van der Waals surface area (Å²) in [4.78, 5) is 33.9. The van der Waals surface area contributed by atoms with E-state index in [0.717, 1.165) is 5.56 Å². The van der Waals surface area contributed by atoms with Crippen LogP contribution in [0.5, 0.6) is 0 Å². The van der Waals surface area contributed by atoms with Gasteiger partial charge in [0.25, 0.3) is 11.8 Å². The van der Waals surface area contributed by atoms with Gasteiger partial charge in [0.1, 0.15) is 0 Å². The molecule has 8 heteroatoms. The van der Waals surface area contributed by atoms with Crippen LogP contribution in [0.1, 0.15) is 12.0 Å². The molecule has 0 bridgehead atoms. The van der Waals surface area contributed by atoms with E-state index in [9.17, 15) is 14.4 Å². The Bertz CT molecular complexity index is 572. The van der Waals surface area contributed by atoms with Gasteiger partial charge in [0.2, 0.25) is 0 Å². The lowest BCUT2D eigenvalue weighted by atomic mass is 10.1. The third-order valence-electron chi connectivity index (χ3n) is 2.90. The number of hydrogen-bond acceptors (Lipinski definition) is 3. The second-order valence-electron chi connectivity index (χ2n) is 4.57. The zero-order valence-electron chi connectivity index (χ0n) is 10.9. The molecule has 3 N–H and O–H groups in total. The van der Waals surface area contributed by atoms with Crippen LogP contribution in [0.15, 0.2) is 18.2 Å². The average molecular weight is 330 g/mol. The third-order valence-corrected chi connectivity index (χ3v) is 3.34. The number of aryl methyl sites for hydroxylation is 1. The third kappa shape index (κ3) is 4.34. The number of rotatable bonds is 5. The number of hydrogen-bond donors (Lipinski definition) is 3. The summed E-state index contributed by atoms with van der Waals surface area (Å²) in [5, 5.41) is 7.95. The molecular formula is C13H13Cl2N3O3. The summed E-state index contributed by atoms with van der Waals surface area (Å²) in [6, 6.07) is 3.45. The smallest absolute Gasteiger partial charge is 0.322 e. The molecule has 4 amide bonds. The molecule has 0 radical (unpaired) electrons. The molecule has 0 aromatic heterocycles. The Balaban J connectivity index is 1.75. The van der Waals surface area contributed by atoms with E-state index in [4.69, 9.17) is 23.2 Å². The van der Waals surface area contributed by atoms with Gasteiger partial charge in [-0.05, 0) is 36.6 Å². The van der Waals surface area contributed by atoms with E-state index < -0.39 is 23.9 Å². The van der Waals surface area contributed by atoms with Crippen molar-refractivity contribution in [1.82, 2.24) is 16.0 Å². The fourth-order valence-electron chi connectivity index (χ4n) is 1.96. The topological polar surface area (TPSA) is 87.3 Å². The van der Waals surface area contributed by atoms with Gasteiger partial charge < -0.3 is 10.6 Å². The van der Waals surface area contributed by atoms with Crippen LogP contribution in [0.25, 0.3) is 0 Å². The highest BCUT2D eigenvalue weighted by Crippen LogP contribution is 2.19. The summed E-state index contributed by atoms with van der Waals surface area (Å²) in [5.74, 6) is -1.17. The molecule has 1 atom stereocenters. The van der Waals surface area contributed by atoms with Crippen molar-refractivity contribution in [2.45, 2.75) is 18.9 Å². The van der Waals surface area contributed by atoms with Gasteiger partial charge in [0.05, 0.1) is 0 Å². The van der Waals surface area contributed by atoms with Crippen molar-refractivity contribution in [2.75, 3.05) is 6.54 Å². The zero-order chi connectivity index (χ0) is 15.4. The van der Waals surface area contributed by atoms with Crippen molar-refractivity contribution < 1.29 is 14.4 Å². The molecule has 1 fully saturated rings. The van der Waals surface area contributed by atoms with Gasteiger partial charge in [-0.3, -0.25) is 14.9 Å². The van der Waals surface area contributed by atoms with Crippen molar-refractivity contribution in [3.8, 4) is 0 Å². The van der Waals surface area contributed by atoms with Gasteiger partial charge in [0, 0.05) is 16.6 Å². The van der Waals surface area contributed by atoms with Crippen molar-refractivity contribution in [2.24, 2.45) is 0 Å². The van der Waals surface area contributed by atoms with E-state index in [0.29, 0.717) is 29.4 Å². The minimum Gasteiger partial charge on any atom is -0.354 e. The molecule has 6 nitrogen and oxygen atoms in total. The molecule has 0 spiro atoms. The first-order valence-corrected chi connectivity index (χ1v) is 7.05. The average Bonchev–Trinajstić information content (AvgIpc) is 2.72. The van der Waals surface area contributed by atoms with Crippen molar-refractivity contribution in [1.29, 1.82) is 0 Å². The molecule has 1 heterocycles. The lowest BCUT2D eigenvalue weighted by molar-refractivity contribution is -0.129. The summed E-state index contributed by atoms with van der Waals surface area (Å²) in [6.07, 6.45) is 1.34. The van der Waals surface area contributed by atoms with E-state index in [2.05, 4.69) is 10.6 Å². The van der Waals surface area contributed by atoms with Crippen LogP contribution in [-0.2, 0) is 16.0 Å². The maximum Gasteiger partial charge on any atom is 0.322 e. The second-order valence-corrected chi connectivity index (χ2v) is 5.44. The molecule has 1 saturated heterocycles. The molecule has 21 heavy (non-hydrogen) atoms. The predicted molar refractivity (Wildman–Crippen MR) is 78.3 cm³/mol. The van der Waals surface area contributed by atoms with Crippen LogP contribution in [0.3, 0.4) is 0 Å². The number of urea groups is 1. The van der Waals surface area contributed by atoms with E-state index in [1.807, 2.05) is 5.32 Å². The van der Waals surface area contributed by atoms with Gasteiger partial charge in [-0.15, -0.1) is 0 Å². The zero-order valence-corrected chi connectivity index (χ0v) is 12.4. The number of carbonyl (C=O) groups excluding carboxylic acids is 3. The molecule has 1 aliphatic rings. The monoisotopic (exact) mass is 329 g/mol. The Labute approximate surface area is 131 Å². The molecule has 0 saturated carbocycles. The number of halogens is 2. The Kier molecular flexibility index (Phi) is 5.03. The highest BCUT2D eigenvalue weighted by molar-refractivity contribution is 6.34. The van der Waals surface area contributed by atoms with Gasteiger partial charge in [-0.2, -0.15) is 0 Å². The number of imide groups is 1. The Morgan fingerprint density at radius 2 is 1.86 bits per heavy atom. The van der Waals surface area contributed by atoms with Crippen LogP contribution >= 0.6 is 23.2 Å². The van der Waals surface area contributed by atoms with E-state index in [1.54, 1.807) is 18.2 Å². The highest BCUT2D eigenvalue weighted by Gasteiger charge is 2.35. The first-order chi connectivity index (χ1) is 9.95. The van der Waals surface area contributed by atoms with Crippen LogP contribution in [-0.4, -0.2) is 30.4 Å². The molecule has 1 aliphatic heterocycles. The van der Waals surface area contributed by atoms with Gasteiger partial charge in [0.15, 0.2) is 6.04 Å². The molecule has 1 aromatic carbocycles. The number of nitrogens with one attached hydrogen (secondary N) is 3. The van der Waals surface area contributed by atoms with Gasteiger partial charge >= 0.3 is 6.03 Å². The van der Waals surface area contributed by atoms with Crippen LogP contribution in [0.4, 0.5) is 4.79 Å². The summed E-state index contributed by atoms with van der Waals surface area (Å²) in [7, 11) is 0. The number of benzene rings is 1. The molecule has 1 aromatic rings. The normalized spacial score (nSPS) is 17.3. The fraction of sp³-hybridized carbons (Fsp3) is 0.308. The predicted octanol–water partition coefficient (Wildman–Crippen LogP) is 1.25. The van der Waals surface area contributed by atoms with Gasteiger partial charge in [-0.1, -0.05) is 23.2 Å². The largest absolute Gasteiger partial charge is 0.354 e. The Morgan fingerprint density at radius 1 is 1.19 bits per heavy atom. The van der Waals surface area contributed by atoms with E-state index in [-0.39, 0.29) is 0 Å². The van der Waals surface area contributed by atoms with Crippen molar-refractivity contribution in [3.63, 3.8) is 0 Å². The summed E-state index contributed by atoms with van der Waals surface area (Å²) >= 11 is 11.8. The lowest BCUT2D eigenvalue weighted by Crippen LogP contribution is -2.45. The fourth-order valence-corrected chi connectivity index (χ4v) is 2.53. The van der Waals surface area contributed by atoms with Crippen LogP contribution < -0.4 is 16.0 Å². The molecule has 0 aliphatic carbocycles. The quantitative estimate of drug-likeness (QED) is 0.431. The standard InChI is InChI=1S/C13H13Cl2N3O3/c14-8-4-7(5-9(15)6-8)2-1-3-16-11(19)10-12(20)18-13(21)17-10/h4-6,10H,1-3H2,(H,16,19)(H2,17,18,20,21). The Morgan fingerprint density at radius 3 is 2.43 bits per heavy atom. The minimum atomic E-state index is -1.15. The summed E-state index contributed by atoms with van der Waals surface area (Å²) < 4.78 is 0. The molecular weight excluding hydrogens is 317 g/mol. The SMILES string of the molecule is O=C1NC(=O)C(C(=O)NCCCc2cc(Cl)cc(Cl)c2)N1. The number of carbonyl (C=O) groups is 3. The maximum atomic E-state index is 11.7. The van der Waals surface area contributed by atoms with Gasteiger partial charge in [-0.25, -0.2) is 4.79 Å². The van der Waals surface area contributed by atoms with E-state index in [1.165, 1.54) is 0 Å². The second kappa shape index (κ2) is 6.78. The summed E-state index contributed by atoms with van der Waals surface area (Å²) in [5.41, 5.74) is 0.966. The van der Waals surface area contributed by atoms with Crippen LogP contribution in [0.2, 0.25) is 10.0 Å². The minimum absolute atomic E-state index is 0.378. The Hall–Kier alpha value is -1.79. The first-order valence-electron chi connectivity index (χ1n) is 6.30. The maximum absolute atomic E-state index is 11.7. The van der Waals surface area contributed by atoms with Crippen molar-refractivity contribution in [3.05, 3.63) is 33.8 Å².